The van der Waals surface area contributed by atoms with Crippen molar-refractivity contribution in [1.82, 2.24) is 9.78 Å². The van der Waals surface area contributed by atoms with Gasteiger partial charge in [-0.15, -0.1) is 0 Å². The van der Waals surface area contributed by atoms with Crippen LogP contribution in [0.15, 0.2) is 0 Å². The van der Waals surface area contributed by atoms with Crippen LogP contribution in [-0.2, 0) is 29.4 Å². The molecule has 1 aromatic rings. The second kappa shape index (κ2) is 7.09. The number of aryl methyl sites for hydroxylation is 2. The van der Waals surface area contributed by atoms with Crippen molar-refractivity contribution in [1.29, 1.82) is 0 Å². The van der Waals surface area contributed by atoms with E-state index in [9.17, 15) is 0 Å². The van der Waals surface area contributed by atoms with Crippen molar-refractivity contribution in [3.63, 3.8) is 0 Å². The number of halogens is 1. The van der Waals surface area contributed by atoms with Gasteiger partial charge in [-0.1, -0.05) is 18.5 Å². The number of rotatable bonds is 6. The molecule has 1 aliphatic heterocycles. The van der Waals surface area contributed by atoms with Crippen molar-refractivity contribution in [2.45, 2.75) is 51.2 Å². The van der Waals surface area contributed by atoms with Crippen LogP contribution in [-0.4, -0.2) is 41.2 Å². The van der Waals surface area contributed by atoms with Crippen LogP contribution in [0.4, 0.5) is 0 Å². The second-order valence-electron chi connectivity index (χ2n) is 5.61. The molecule has 1 saturated heterocycles. The fourth-order valence-corrected chi connectivity index (χ4v) is 3.43. The summed E-state index contributed by atoms with van der Waals surface area (Å²) in [7, 11) is 1.92. The monoisotopic (exact) mass is 315 g/mol. The van der Waals surface area contributed by atoms with Gasteiger partial charge in [0.1, 0.15) is 0 Å². The summed E-state index contributed by atoms with van der Waals surface area (Å²) >= 11 is 6.43. The van der Waals surface area contributed by atoms with E-state index in [4.69, 9.17) is 26.8 Å². The van der Waals surface area contributed by atoms with E-state index < -0.39 is 0 Å². The van der Waals surface area contributed by atoms with Gasteiger partial charge in [0, 0.05) is 52.2 Å². The zero-order valence-electron chi connectivity index (χ0n) is 13.2. The molecule has 2 rings (SSSR count). The molecule has 1 atom stereocenters. The lowest BCUT2D eigenvalue weighted by Crippen LogP contribution is -2.54. The predicted molar refractivity (Wildman–Crippen MR) is 83.7 cm³/mol. The molecule has 0 bridgehead atoms. The topological polar surface area (TPSA) is 62.3 Å². The summed E-state index contributed by atoms with van der Waals surface area (Å²) in [6.07, 6.45) is 3.16. The van der Waals surface area contributed by atoms with E-state index in [1.165, 1.54) is 0 Å². The molecule has 1 unspecified atom stereocenters. The highest BCUT2D eigenvalue weighted by Gasteiger charge is 2.40. The van der Waals surface area contributed by atoms with Crippen LogP contribution >= 0.6 is 11.6 Å². The molecule has 2 N–H and O–H groups in total. The Morgan fingerprint density at radius 1 is 1.43 bits per heavy atom. The molecule has 0 aromatic carbocycles. The SMILES string of the molecule is CCOC1(C(N)Cc2c(Cl)c(CC)nn2C)CCOCC1. The maximum absolute atomic E-state index is 6.51. The van der Waals surface area contributed by atoms with Gasteiger partial charge >= 0.3 is 0 Å². The zero-order chi connectivity index (χ0) is 15.5. The highest BCUT2D eigenvalue weighted by molar-refractivity contribution is 6.31. The molecule has 21 heavy (non-hydrogen) atoms. The Balaban J connectivity index is 2.18. The Hall–Kier alpha value is -0.620. The summed E-state index contributed by atoms with van der Waals surface area (Å²) in [5, 5.41) is 5.20. The Morgan fingerprint density at radius 2 is 2.10 bits per heavy atom. The number of nitrogens with zero attached hydrogens (tertiary/aromatic N) is 2. The van der Waals surface area contributed by atoms with Crippen LogP contribution in [0.5, 0.6) is 0 Å². The Labute approximate surface area is 131 Å². The summed E-state index contributed by atoms with van der Waals surface area (Å²) in [6.45, 7) is 6.13. The first-order chi connectivity index (χ1) is 10.0. The summed E-state index contributed by atoms with van der Waals surface area (Å²) in [5.74, 6) is 0. The van der Waals surface area contributed by atoms with Crippen molar-refractivity contribution in [2.75, 3.05) is 19.8 Å². The highest BCUT2D eigenvalue weighted by atomic mass is 35.5. The number of hydrogen-bond acceptors (Lipinski definition) is 4. The van der Waals surface area contributed by atoms with Crippen LogP contribution < -0.4 is 5.73 Å². The van der Waals surface area contributed by atoms with E-state index in [-0.39, 0.29) is 11.6 Å². The molecule has 120 valence electrons. The standard InChI is InChI=1S/C15H26ClN3O2/c1-4-11-14(16)12(19(3)18-11)10-13(17)15(21-5-2)6-8-20-9-7-15/h13H,4-10,17H2,1-3H3. The van der Waals surface area contributed by atoms with Crippen molar-refractivity contribution < 1.29 is 9.47 Å². The van der Waals surface area contributed by atoms with E-state index >= 15 is 0 Å². The summed E-state index contributed by atoms with van der Waals surface area (Å²) < 4.78 is 13.3. The molecule has 0 saturated carbocycles. The fraction of sp³-hybridized carbons (Fsp3) is 0.800. The third-order valence-corrected chi connectivity index (χ3v) is 4.80. The van der Waals surface area contributed by atoms with Crippen LogP contribution in [0.3, 0.4) is 0 Å². The molecular weight excluding hydrogens is 290 g/mol. The molecule has 6 heteroatoms. The van der Waals surface area contributed by atoms with Gasteiger partial charge < -0.3 is 15.2 Å². The molecule has 0 amide bonds. The van der Waals surface area contributed by atoms with Gasteiger partial charge in [-0.05, 0) is 13.3 Å². The molecular formula is C15H26ClN3O2. The molecule has 1 aromatic heterocycles. The van der Waals surface area contributed by atoms with Crippen LogP contribution in [0.1, 0.15) is 38.1 Å². The summed E-state index contributed by atoms with van der Waals surface area (Å²) in [6, 6.07) is -0.112. The van der Waals surface area contributed by atoms with Gasteiger partial charge in [-0.2, -0.15) is 5.10 Å². The molecule has 0 aliphatic carbocycles. The average molecular weight is 316 g/mol. The van der Waals surface area contributed by atoms with E-state index in [1.807, 2.05) is 18.7 Å². The van der Waals surface area contributed by atoms with E-state index in [0.717, 1.165) is 35.7 Å². The maximum atomic E-state index is 6.51. The second-order valence-corrected chi connectivity index (χ2v) is 5.98. The van der Waals surface area contributed by atoms with Crippen molar-refractivity contribution in [3.05, 3.63) is 16.4 Å². The Bertz CT molecular complexity index is 464. The van der Waals surface area contributed by atoms with Gasteiger partial charge in [0.2, 0.25) is 0 Å². The van der Waals surface area contributed by atoms with Crippen molar-refractivity contribution >= 4 is 11.6 Å². The predicted octanol–water partition coefficient (Wildman–Crippen LogP) is 2.09. The summed E-state index contributed by atoms with van der Waals surface area (Å²) in [5.41, 5.74) is 8.12. The van der Waals surface area contributed by atoms with E-state index in [1.54, 1.807) is 0 Å². The lowest BCUT2D eigenvalue weighted by molar-refractivity contribution is -0.120. The lowest BCUT2D eigenvalue weighted by atomic mass is 9.84. The van der Waals surface area contributed by atoms with Crippen molar-refractivity contribution in [3.8, 4) is 0 Å². The first-order valence-electron chi connectivity index (χ1n) is 7.71. The molecule has 2 heterocycles. The minimum Gasteiger partial charge on any atom is -0.381 e. The highest BCUT2D eigenvalue weighted by Crippen LogP contribution is 2.31. The molecule has 0 radical (unpaired) electrons. The van der Waals surface area contributed by atoms with Crippen LogP contribution in [0.25, 0.3) is 0 Å². The first kappa shape index (κ1) is 16.7. The van der Waals surface area contributed by atoms with Crippen LogP contribution in [0, 0.1) is 0 Å². The Morgan fingerprint density at radius 3 is 2.62 bits per heavy atom. The molecule has 1 aliphatic rings. The minimum atomic E-state index is -0.313. The quantitative estimate of drug-likeness (QED) is 0.873. The van der Waals surface area contributed by atoms with E-state index in [2.05, 4.69) is 12.0 Å². The maximum Gasteiger partial charge on any atom is 0.0880 e. The normalized spacial score (nSPS) is 19.7. The summed E-state index contributed by atoms with van der Waals surface area (Å²) in [4.78, 5) is 0. The third kappa shape index (κ3) is 3.42. The molecule has 0 spiro atoms. The smallest absolute Gasteiger partial charge is 0.0880 e. The first-order valence-corrected chi connectivity index (χ1v) is 8.09. The van der Waals surface area contributed by atoms with E-state index in [0.29, 0.717) is 26.2 Å². The largest absolute Gasteiger partial charge is 0.381 e. The van der Waals surface area contributed by atoms with Gasteiger partial charge in [-0.25, -0.2) is 0 Å². The van der Waals surface area contributed by atoms with Gasteiger partial charge in [-0.3, -0.25) is 4.68 Å². The van der Waals surface area contributed by atoms with Gasteiger partial charge in [0.15, 0.2) is 0 Å². The number of nitrogens with two attached hydrogens (primary N) is 1. The number of ether oxygens (including phenoxy) is 2. The number of aromatic nitrogens is 2. The minimum absolute atomic E-state index is 0.112. The fourth-order valence-electron chi connectivity index (χ4n) is 3.06. The van der Waals surface area contributed by atoms with Crippen molar-refractivity contribution in [2.24, 2.45) is 12.8 Å². The molecule has 5 nitrogen and oxygen atoms in total. The Kier molecular flexibility index (Phi) is 5.66. The number of hydrogen-bond donors (Lipinski definition) is 1. The zero-order valence-corrected chi connectivity index (χ0v) is 13.9. The van der Waals surface area contributed by atoms with Gasteiger partial charge in [0.05, 0.1) is 22.0 Å². The third-order valence-electron chi connectivity index (χ3n) is 4.36. The lowest BCUT2D eigenvalue weighted by Gasteiger charge is -2.41. The average Bonchev–Trinajstić information content (AvgIpc) is 2.76. The van der Waals surface area contributed by atoms with Crippen LogP contribution in [0.2, 0.25) is 5.02 Å². The molecule has 1 fully saturated rings. The van der Waals surface area contributed by atoms with Gasteiger partial charge in [0.25, 0.3) is 0 Å².